The lowest BCUT2D eigenvalue weighted by molar-refractivity contribution is -0.112. The van der Waals surface area contributed by atoms with Crippen LogP contribution in [0.3, 0.4) is 0 Å². The van der Waals surface area contributed by atoms with Crippen LogP contribution in [0.1, 0.15) is 38.2 Å². The van der Waals surface area contributed by atoms with Crippen LogP contribution in [0.15, 0.2) is 24.3 Å². The Balaban J connectivity index is 2.17. The van der Waals surface area contributed by atoms with E-state index in [1.54, 1.807) is 19.3 Å². The summed E-state index contributed by atoms with van der Waals surface area (Å²) < 4.78 is 11.3. The van der Waals surface area contributed by atoms with E-state index in [-0.39, 0.29) is 5.78 Å². The maximum absolute atomic E-state index is 11.0. The monoisotopic (exact) mass is 260 g/mol. The van der Waals surface area contributed by atoms with Crippen molar-refractivity contribution >= 4 is 11.9 Å². The molecule has 1 aromatic rings. The highest BCUT2D eigenvalue weighted by Crippen LogP contribution is 2.32. The van der Waals surface area contributed by atoms with E-state index in [9.17, 15) is 4.79 Å². The van der Waals surface area contributed by atoms with Crippen LogP contribution in [-0.2, 0) is 4.79 Å². The number of ketones is 1. The number of benzene rings is 1. The van der Waals surface area contributed by atoms with Gasteiger partial charge in [-0.3, -0.25) is 4.79 Å². The molecule has 0 unspecified atom stereocenters. The van der Waals surface area contributed by atoms with Gasteiger partial charge in [-0.2, -0.15) is 0 Å². The minimum absolute atomic E-state index is 0.0362. The van der Waals surface area contributed by atoms with Crippen LogP contribution in [0.2, 0.25) is 0 Å². The number of allylic oxidation sites excluding steroid dienone is 1. The van der Waals surface area contributed by atoms with Crippen molar-refractivity contribution < 1.29 is 14.3 Å². The summed E-state index contributed by atoms with van der Waals surface area (Å²) in [6.45, 7) is 1.54. The van der Waals surface area contributed by atoms with E-state index < -0.39 is 0 Å². The Morgan fingerprint density at radius 3 is 2.63 bits per heavy atom. The molecule has 1 aromatic carbocycles. The molecule has 0 atom stereocenters. The Bertz CT molecular complexity index is 471. The molecule has 0 amide bonds. The summed E-state index contributed by atoms with van der Waals surface area (Å²) in [6, 6.07) is 5.72. The average Bonchev–Trinajstić information content (AvgIpc) is 2.89. The molecule has 0 radical (unpaired) electrons. The third kappa shape index (κ3) is 3.85. The summed E-state index contributed by atoms with van der Waals surface area (Å²) in [5, 5.41) is 0. The molecule has 0 heterocycles. The Kier molecular flexibility index (Phi) is 4.61. The second-order valence-electron chi connectivity index (χ2n) is 4.88. The van der Waals surface area contributed by atoms with E-state index in [1.165, 1.54) is 19.8 Å². The molecule has 0 aromatic heterocycles. The van der Waals surface area contributed by atoms with Gasteiger partial charge >= 0.3 is 0 Å². The van der Waals surface area contributed by atoms with Crippen molar-refractivity contribution in [1.82, 2.24) is 0 Å². The Labute approximate surface area is 114 Å². The normalized spacial score (nSPS) is 15.9. The Morgan fingerprint density at radius 2 is 2.00 bits per heavy atom. The van der Waals surface area contributed by atoms with E-state index in [1.807, 2.05) is 18.2 Å². The van der Waals surface area contributed by atoms with Crippen molar-refractivity contribution in [2.75, 3.05) is 7.11 Å². The largest absolute Gasteiger partial charge is 0.493 e. The number of rotatable bonds is 5. The maximum atomic E-state index is 11.0. The van der Waals surface area contributed by atoms with Crippen molar-refractivity contribution in [2.24, 2.45) is 0 Å². The molecule has 19 heavy (non-hydrogen) atoms. The standard InChI is InChI=1S/C16H20O3/c1-12(17)7-8-13-9-10-15(18-2)16(11-13)19-14-5-3-4-6-14/h7-11,14H,3-6H2,1-2H3/b8-7+. The van der Waals surface area contributed by atoms with Gasteiger partial charge in [0.1, 0.15) is 0 Å². The molecule has 0 saturated heterocycles. The van der Waals surface area contributed by atoms with Crippen LogP contribution < -0.4 is 9.47 Å². The molecule has 1 aliphatic carbocycles. The molecular weight excluding hydrogens is 240 g/mol. The third-order valence-electron chi connectivity index (χ3n) is 3.29. The minimum Gasteiger partial charge on any atom is -0.493 e. The van der Waals surface area contributed by atoms with Gasteiger partial charge in [0.15, 0.2) is 17.3 Å². The molecule has 102 valence electrons. The van der Waals surface area contributed by atoms with Crippen LogP contribution in [-0.4, -0.2) is 19.0 Å². The predicted molar refractivity (Wildman–Crippen MR) is 75.6 cm³/mol. The Hall–Kier alpha value is -1.77. The molecular formula is C16H20O3. The first-order valence-electron chi connectivity index (χ1n) is 6.72. The lowest BCUT2D eigenvalue weighted by Gasteiger charge is -2.16. The zero-order valence-corrected chi connectivity index (χ0v) is 11.5. The fraction of sp³-hybridized carbons (Fsp3) is 0.438. The molecule has 0 aliphatic heterocycles. The summed E-state index contributed by atoms with van der Waals surface area (Å²) in [5.74, 6) is 1.54. The van der Waals surface area contributed by atoms with Gasteiger partial charge in [-0.25, -0.2) is 0 Å². The average molecular weight is 260 g/mol. The number of carbonyl (C=O) groups excluding carboxylic acids is 1. The first-order chi connectivity index (χ1) is 9.19. The van der Waals surface area contributed by atoms with E-state index in [2.05, 4.69) is 0 Å². The minimum atomic E-state index is 0.0362. The zero-order chi connectivity index (χ0) is 13.7. The van der Waals surface area contributed by atoms with E-state index in [0.29, 0.717) is 6.10 Å². The van der Waals surface area contributed by atoms with Crippen molar-refractivity contribution in [1.29, 1.82) is 0 Å². The van der Waals surface area contributed by atoms with Crippen LogP contribution >= 0.6 is 0 Å². The fourth-order valence-electron chi connectivity index (χ4n) is 2.29. The van der Waals surface area contributed by atoms with Gasteiger partial charge in [0.25, 0.3) is 0 Å². The van der Waals surface area contributed by atoms with E-state index in [4.69, 9.17) is 9.47 Å². The van der Waals surface area contributed by atoms with Gasteiger partial charge < -0.3 is 9.47 Å². The molecule has 0 N–H and O–H groups in total. The summed E-state index contributed by atoms with van der Waals surface area (Å²) in [5.41, 5.74) is 0.948. The van der Waals surface area contributed by atoms with Gasteiger partial charge in [-0.15, -0.1) is 0 Å². The summed E-state index contributed by atoms with van der Waals surface area (Å²) in [4.78, 5) is 11.0. The lowest BCUT2D eigenvalue weighted by atomic mass is 10.1. The first-order valence-corrected chi connectivity index (χ1v) is 6.72. The molecule has 1 saturated carbocycles. The predicted octanol–water partition coefficient (Wildman–Crippen LogP) is 3.62. The quantitative estimate of drug-likeness (QED) is 0.758. The number of hydrogen-bond donors (Lipinski definition) is 0. The highest BCUT2D eigenvalue weighted by Gasteiger charge is 2.18. The molecule has 1 fully saturated rings. The van der Waals surface area contributed by atoms with Crippen molar-refractivity contribution in [2.45, 2.75) is 38.7 Å². The fourth-order valence-corrected chi connectivity index (χ4v) is 2.29. The summed E-state index contributed by atoms with van der Waals surface area (Å²) in [7, 11) is 1.64. The third-order valence-corrected chi connectivity index (χ3v) is 3.29. The van der Waals surface area contributed by atoms with Gasteiger partial charge in [-0.1, -0.05) is 12.1 Å². The van der Waals surface area contributed by atoms with E-state index >= 15 is 0 Å². The van der Waals surface area contributed by atoms with Crippen molar-refractivity contribution in [3.63, 3.8) is 0 Å². The number of methoxy groups -OCH3 is 1. The van der Waals surface area contributed by atoms with E-state index in [0.717, 1.165) is 29.9 Å². The van der Waals surface area contributed by atoms with Crippen LogP contribution in [0.5, 0.6) is 11.5 Å². The summed E-state index contributed by atoms with van der Waals surface area (Å²) in [6.07, 6.45) is 8.33. The smallest absolute Gasteiger partial charge is 0.162 e. The van der Waals surface area contributed by atoms with Gasteiger partial charge in [-0.05, 0) is 56.4 Å². The van der Waals surface area contributed by atoms with Crippen LogP contribution in [0, 0.1) is 0 Å². The topological polar surface area (TPSA) is 35.5 Å². The second kappa shape index (κ2) is 6.41. The number of carbonyl (C=O) groups is 1. The molecule has 0 spiro atoms. The first kappa shape index (κ1) is 13.7. The SMILES string of the molecule is COc1ccc(/C=C/C(C)=O)cc1OC1CCCC1. The molecule has 2 rings (SSSR count). The Morgan fingerprint density at radius 1 is 1.26 bits per heavy atom. The van der Waals surface area contributed by atoms with Gasteiger partial charge in [0, 0.05) is 0 Å². The van der Waals surface area contributed by atoms with Crippen LogP contribution in [0.4, 0.5) is 0 Å². The number of ether oxygens (including phenoxy) is 2. The van der Waals surface area contributed by atoms with Gasteiger partial charge in [0.2, 0.25) is 0 Å². The highest BCUT2D eigenvalue weighted by molar-refractivity contribution is 5.91. The molecule has 3 heteroatoms. The molecule has 0 bridgehead atoms. The molecule has 3 nitrogen and oxygen atoms in total. The van der Waals surface area contributed by atoms with Crippen molar-refractivity contribution in [3.05, 3.63) is 29.8 Å². The lowest BCUT2D eigenvalue weighted by Crippen LogP contribution is -2.11. The second-order valence-corrected chi connectivity index (χ2v) is 4.88. The number of hydrogen-bond acceptors (Lipinski definition) is 3. The molecule has 1 aliphatic rings. The van der Waals surface area contributed by atoms with Gasteiger partial charge in [0.05, 0.1) is 13.2 Å². The van der Waals surface area contributed by atoms with Crippen LogP contribution in [0.25, 0.3) is 6.08 Å². The summed E-state index contributed by atoms with van der Waals surface area (Å²) >= 11 is 0. The maximum Gasteiger partial charge on any atom is 0.162 e. The zero-order valence-electron chi connectivity index (χ0n) is 11.5. The van der Waals surface area contributed by atoms with Crippen molar-refractivity contribution in [3.8, 4) is 11.5 Å². The highest BCUT2D eigenvalue weighted by atomic mass is 16.5.